The van der Waals surface area contributed by atoms with Gasteiger partial charge in [-0.25, -0.2) is 0 Å². The molecule has 1 rings (SSSR count). The van der Waals surface area contributed by atoms with Gasteiger partial charge in [-0.2, -0.15) is 0 Å². The summed E-state index contributed by atoms with van der Waals surface area (Å²) in [6.07, 6.45) is 14.8. The SMILES string of the molecule is CC(C)CC1C=NCCCCCCCCC1. The van der Waals surface area contributed by atoms with Crippen molar-refractivity contribution in [3.05, 3.63) is 0 Å². The Labute approximate surface area is 102 Å². The third-order valence-electron chi connectivity index (χ3n) is 3.45. The van der Waals surface area contributed by atoms with Crippen LogP contribution in [0, 0.1) is 11.8 Å². The average molecular weight is 223 g/mol. The van der Waals surface area contributed by atoms with Crippen molar-refractivity contribution in [1.29, 1.82) is 0 Å². The van der Waals surface area contributed by atoms with Crippen LogP contribution < -0.4 is 0 Å². The van der Waals surface area contributed by atoms with Gasteiger partial charge in [0.15, 0.2) is 0 Å². The van der Waals surface area contributed by atoms with Gasteiger partial charge in [-0.3, -0.25) is 4.99 Å². The van der Waals surface area contributed by atoms with E-state index in [1.54, 1.807) is 0 Å². The Morgan fingerprint density at radius 3 is 2.31 bits per heavy atom. The zero-order chi connectivity index (χ0) is 11.6. The van der Waals surface area contributed by atoms with Crippen LogP contribution >= 0.6 is 0 Å². The van der Waals surface area contributed by atoms with Crippen LogP contribution in [0.15, 0.2) is 4.99 Å². The molecule has 0 radical (unpaired) electrons. The van der Waals surface area contributed by atoms with Gasteiger partial charge >= 0.3 is 0 Å². The molecule has 0 fully saturated rings. The molecule has 0 aromatic rings. The first-order chi connectivity index (χ1) is 7.79. The molecule has 0 saturated heterocycles. The minimum Gasteiger partial charge on any atom is -0.297 e. The topological polar surface area (TPSA) is 12.4 Å². The second-order valence-electron chi connectivity index (χ2n) is 5.71. The van der Waals surface area contributed by atoms with Gasteiger partial charge in [-0.15, -0.1) is 0 Å². The summed E-state index contributed by atoms with van der Waals surface area (Å²) in [4.78, 5) is 4.61. The molecule has 1 nitrogen and oxygen atoms in total. The molecule has 94 valence electrons. The molecule has 1 atom stereocenters. The highest BCUT2D eigenvalue weighted by Crippen LogP contribution is 2.19. The molecule has 0 aromatic heterocycles. The van der Waals surface area contributed by atoms with Crippen molar-refractivity contribution in [3.8, 4) is 0 Å². The average Bonchev–Trinajstić information content (AvgIpc) is 2.21. The van der Waals surface area contributed by atoms with Crippen LogP contribution in [0.5, 0.6) is 0 Å². The molecular weight excluding hydrogens is 194 g/mol. The number of nitrogens with zero attached hydrogens (tertiary/aromatic N) is 1. The van der Waals surface area contributed by atoms with E-state index in [1.165, 1.54) is 57.8 Å². The van der Waals surface area contributed by atoms with Crippen molar-refractivity contribution < 1.29 is 0 Å². The third kappa shape index (κ3) is 7.03. The zero-order valence-electron chi connectivity index (χ0n) is 11.3. The smallest absolute Gasteiger partial charge is 0.0385 e. The second-order valence-corrected chi connectivity index (χ2v) is 5.71. The van der Waals surface area contributed by atoms with Crippen molar-refractivity contribution in [2.45, 2.75) is 71.6 Å². The number of rotatable bonds is 2. The predicted octanol–water partition coefficient (Wildman–Crippen LogP) is 4.85. The van der Waals surface area contributed by atoms with E-state index >= 15 is 0 Å². The quantitative estimate of drug-likeness (QED) is 0.634. The van der Waals surface area contributed by atoms with Gasteiger partial charge in [0.05, 0.1) is 0 Å². The summed E-state index contributed by atoms with van der Waals surface area (Å²) in [6, 6.07) is 0. The lowest BCUT2D eigenvalue weighted by Crippen LogP contribution is -2.07. The van der Waals surface area contributed by atoms with Crippen LogP contribution in [0.1, 0.15) is 71.6 Å². The summed E-state index contributed by atoms with van der Waals surface area (Å²) in [7, 11) is 0. The van der Waals surface area contributed by atoms with E-state index in [0.717, 1.165) is 18.4 Å². The van der Waals surface area contributed by atoms with Crippen molar-refractivity contribution in [2.75, 3.05) is 6.54 Å². The summed E-state index contributed by atoms with van der Waals surface area (Å²) >= 11 is 0. The van der Waals surface area contributed by atoms with Gasteiger partial charge in [-0.1, -0.05) is 52.4 Å². The van der Waals surface area contributed by atoms with Crippen molar-refractivity contribution in [1.82, 2.24) is 0 Å². The molecule has 1 heteroatoms. The van der Waals surface area contributed by atoms with E-state index < -0.39 is 0 Å². The number of hydrogen-bond donors (Lipinski definition) is 0. The molecule has 0 aliphatic carbocycles. The summed E-state index contributed by atoms with van der Waals surface area (Å²) in [5.41, 5.74) is 0. The normalized spacial score (nSPS) is 25.1. The van der Waals surface area contributed by atoms with Gasteiger partial charge in [-0.05, 0) is 31.1 Å². The van der Waals surface area contributed by atoms with Crippen molar-refractivity contribution in [2.24, 2.45) is 16.8 Å². The van der Waals surface area contributed by atoms with E-state index in [9.17, 15) is 0 Å². The first kappa shape index (κ1) is 13.7. The summed E-state index contributed by atoms with van der Waals surface area (Å²) < 4.78 is 0. The Morgan fingerprint density at radius 2 is 1.62 bits per heavy atom. The third-order valence-corrected chi connectivity index (χ3v) is 3.45. The summed E-state index contributed by atoms with van der Waals surface area (Å²) in [5.74, 6) is 1.56. The molecule has 1 unspecified atom stereocenters. The van der Waals surface area contributed by atoms with Gasteiger partial charge in [0.1, 0.15) is 0 Å². The Bertz CT molecular complexity index is 184. The Morgan fingerprint density at radius 1 is 1.00 bits per heavy atom. The monoisotopic (exact) mass is 223 g/mol. The first-order valence-electron chi connectivity index (χ1n) is 7.29. The van der Waals surface area contributed by atoms with Crippen molar-refractivity contribution >= 4 is 6.21 Å². The predicted molar refractivity (Wildman–Crippen MR) is 73.2 cm³/mol. The lowest BCUT2D eigenvalue weighted by atomic mass is 9.92. The minimum absolute atomic E-state index is 0.749. The standard InChI is InChI=1S/C15H29N/c1-14(2)12-15-10-8-6-4-3-5-7-9-11-16-13-15/h13-15H,3-12H2,1-2H3. The molecule has 0 saturated carbocycles. The molecule has 1 heterocycles. The Hall–Kier alpha value is -0.330. The van der Waals surface area contributed by atoms with Gasteiger partial charge in [0.25, 0.3) is 0 Å². The molecule has 1 aliphatic rings. The minimum atomic E-state index is 0.749. The molecule has 1 aliphatic heterocycles. The number of hydrogen-bond acceptors (Lipinski definition) is 1. The Balaban J connectivity index is 2.35. The van der Waals surface area contributed by atoms with Gasteiger partial charge in [0.2, 0.25) is 0 Å². The fourth-order valence-electron chi connectivity index (χ4n) is 2.58. The highest BCUT2D eigenvalue weighted by molar-refractivity contribution is 5.60. The van der Waals surface area contributed by atoms with E-state index in [1.807, 2.05) is 0 Å². The van der Waals surface area contributed by atoms with Gasteiger partial charge < -0.3 is 0 Å². The van der Waals surface area contributed by atoms with Crippen LogP contribution in [-0.4, -0.2) is 12.8 Å². The highest BCUT2D eigenvalue weighted by Gasteiger charge is 2.08. The van der Waals surface area contributed by atoms with Crippen LogP contribution in [0.3, 0.4) is 0 Å². The fourth-order valence-corrected chi connectivity index (χ4v) is 2.58. The van der Waals surface area contributed by atoms with E-state index in [2.05, 4.69) is 25.1 Å². The van der Waals surface area contributed by atoms with E-state index in [0.29, 0.717) is 0 Å². The first-order valence-corrected chi connectivity index (χ1v) is 7.29. The zero-order valence-corrected chi connectivity index (χ0v) is 11.3. The summed E-state index contributed by atoms with van der Waals surface area (Å²) in [5, 5.41) is 0. The summed E-state index contributed by atoms with van der Waals surface area (Å²) in [6.45, 7) is 5.71. The molecule has 0 spiro atoms. The molecule has 0 N–H and O–H groups in total. The van der Waals surface area contributed by atoms with E-state index in [4.69, 9.17) is 0 Å². The van der Waals surface area contributed by atoms with Crippen LogP contribution in [0.25, 0.3) is 0 Å². The van der Waals surface area contributed by atoms with E-state index in [-0.39, 0.29) is 0 Å². The molecule has 16 heavy (non-hydrogen) atoms. The maximum Gasteiger partial charge on any atom is 0.0385 e. The molecular formula is C15H29N. The number of aliphatic imine (C=N–C) groups is 1. The largest absolute Gasteiger partial charge is 0.297 e. The molecule has 0 amide bonds. The lowest BCUT2D eigenvalue weighted by molar-refractivity contribution is 0.451. The van der Waals surface area contributed by atoms with Gasteiger partial charge in [0, 0.05) is 12.8 Å². The van der Waals surface area contributed by atoms with Crippen molar-refractivity contribution in [3.63, 3.8) is 0 Å². The maximum atomic E-state index is 4.61. The fraction of sp³-hybridized carbons (Fsp3) is 0.933. The lowest BCUT2D eigenvalue weighted by Gasteiger charge is -2.15. The molecule has 0 bridgehead atoms. The molecule has 0 aromatic carbocycles. The maximum absolute atomic E-state index is 4.61. The Kier molecular flexibility index (Phi) is 7.54. The second kappa shape index (κ2) is 8.78. The highest BCUT2D eigenvalue weighted by atomic mass is 14.7. The van der Waals surface area contributed by atoms with Crippen LogP contribution in [0.4, 0.5) is 0 Å². The van der Waals surface area contributed by atoms with Crippen LogP contribution in [0.2, 0.25) is 0 Å². The van der Waals surface area contributed by atoms with Crippen LogP contribution in [-0.2, 0) is 0 Å².